The van der Waals surface area contributed by atoms with Gasteiger partial charge in [-0.15, -0.1) is 0 Å². The number of benzene rings is 1. The molecule has 1 aromatic rings. The molecule has 172 valence electrons. The molecule has 2 amide bonds. The summed E-state index contributed by atoms with van der Waals surface area (Å²) < 4.78 is 17.1. The van der Waals surface area contributed by atoms with Crippen molar-refractivity contribution in [3.63, 3.8) is 0 Å². The number of nitrogens with zero attached hydrogens (tertiary/aromatic N) is 1. The lowest BCUT2D eigenvalue weighted by molar-refractivity contribution is -0.0615. The number of likely N-dealkylation sites (tertiary alicyclic amines) is 1. The van der Waals surface area contributed by atoms with Crippen molar-refractivity contribution < 1.29 is 23.8 Å². The highest BCUT2D eigenvalue weighted by atomic mass is 16.6. The minimum atomic E-state index is -0.475. The average Bonchev–Trinajstić information content (AvgIpc) is 2.72. The van der Waals surface area contributed by atoms with Gasteiger partial charge in [-0.25, -0.2) is 9.59 Å². The Labute approximate surface area is 185 Å². The van der Waals surface area contributed by atoms with Gasteiger partial charge in [0.25, 0.3) is 0 Å². The lowest BCUT2D eigenvalue weighted by Crippen LogP contribution is -2.45. The van der Waals surface area contributed by atoms with E-state index in [2.05, 4.69) is 5.32 Å². The minimum absolute atomic E-state index is 0.0730. The van der Waals surface area contributed by atoms with E-state index in [0.29, 0.717) is 13.1 Å². The molecule has 1 aliphatic heterocycles. The Morgan fingerprint density at radius 2 is 1.74 bits per heavy atom. The molecule has 2 fully saturated rings. The summed E-state index contributed by atoms with van der Waals surface area (Å²) in [6.07, 6.45) is 5.04. The van der Waals surface area contributed by atoms with E-state index in [1.54, 1.807) is 4.90 Å². The molecular formula is C24H36N2O5. The maximum atomic E-state index is 12.2. The van der Waals surface area contributed by atoms with Gasteiger partial charge in [-0.1, -0.05) is 30.3 Å². The van der Waals surface area contributed by atoms with Crippen molar-refractivity contribution >= 4 is 12.2 Å². The molecule has 0 aromatic heterocycles. The lowest BCUT2D eigenvalue weighted by Gasteiger charge is -2.37. The fourth-order valence-corrected chi connectivity index (χ4v) is 4.10. The van der Waals surface area contributed by atoms with Crippen molar-refractivity contribution in [2.24, 2.45) is 0 Å². The summed E-state index contributed by atoms with van der Waals surface area (Å²) in [6.45, 7) is 7.22. The topological polar surface area (TPSA) is 77.1 Å². The van der Waals surface area contributed by atoms with Crippen LogP contribution in [0.2, 0.25) is 0 Å². The Morgan fingerprint density at radius 3 is 2.42 bits per heavy atom. The number of amides is 2. The van der Waals surface area contributed by atoms with E-state index in [-0.39, 0.29) is 37.0 Å². The van der Waals surface area contributed by atoms with E-state index in [4.69, 9.17) is 14.2 Å². The number of piperidine rings is 1. The highest BCUT2D eigenvalue weighted by molar-refractivity contribution is 5.68. The molecule has 2 unspecified atom stereocenters. The highest BCUT2D eigenvalue weighted by Crippen LogP contribution is 2.26. The Kier molecular flexibility index (Phi) is 8.18. The first kappa shape index (κ1) is 23.4. The molecule has 1 saturated carbocycles. The van der Waals surface area contributed by atoms with Gasteiger partial charge in [0, 0.05) is 19.1 Å². The fourth-order valence-electron chi connectivity index (χ4n) is 4.10. The van der Waals surface area contributed by atoms with Crippen molar-refractivity contribution in [3.05, 3.63) is 35.9 Å². The number of rotatable bonds is 5. The summed E-state index contributed by atoms with van der Waals surface area (Å²) in [5.41, 5.74) is 0.497. The predicted molar refractivity (Wildman–Crippen MR) is 118 cm³/mol. The van der Waals surface area contributed by atoms with E-state index in [1.165, 1.54) is 0 Å². The molecule has 0 spiro atoms. The molecule has 0 radical (unpaired) electrons. The summed E-state index contributed by atoms with van der Waals surface area (Å²) in [5, 5.41) is 2.99. The van der Waals surface area contributed by atoms with Crippen LogP contribution < -0.4 is 5.32 Å². The standard InChI is InChI=1S/C24H36N2O5/c1-24(2,3)31-23(28)26-14-12-20(13-15-26)30-21-11-7-10-19(16-21)25-22(27)29-17-18-8-5-4-6-9-18/h4-6,8-9,19-21H,7,10-17H2,1-3H3,(H,25,27). The third kappa shape index (κ3) is 8.05. The van der Waals surface area contributed by atoms with E-state index in [9.17, 15) is 9.59 Å². The third-order valence-corrected chi connectivity index (χ3v) is 5.64. The molecule has 1 saturated heterocycles. The maximum Gasteiger partial charge on any atom is 0.410 e. The summed E-state index contributed by atoms with van der Waals surface area (Å²) in [5.74, 6) is 0. The first-order chi connectivity index (χ1) is 14.8. The Bertz CT molecular complexity index is 710. The highest BCUT2D eigenvalue weighted by Gasteiger charge is 2.30. The van der Waals surface area contributed by atoms with Gasteiger partial charge >= 0.3 is 12.2 Å². The smallest absolute Gasteiger partial charge is 0.410 e. The second kappa shape index (κ2) is 10.8. The molecule has 1 heterocycles. The lowest BCUT2D eigenvalue weighted by atomic mass is 9.92. The molecule has 3 rings (SSSR count). The van der Waals surface area contributed by atoms with Gasteiger partial charge in [-0.2, -0.15) is 0 Å². The molecule has 2 aliphatic rings. The van der Waals surface area contributed by atoms with Crippen LogP contribution in [0.3, 0.4) is 0 Å². The van der Waals surface area contributed by atoms with Crippen molar-refractivity contribution in [2.75, 3.05) is 13.1 Å². The normalized spacial score (nSPS) is 22.6. The predicted octanol–water partition coefficient (Wildman–Crippen LogP) is 4.64. The minimum Gasteiger partial charge on any atom is -0.445 e. The quantitative estimate of drug-likeness (QED) is 0.733. The van der Waals surface area contributed by atoms with Crippen LogP contribution in [0.4, 0.5) is 9.59 Å². The number of hydrogen-bond donors (Lipinski definition) is 1. The summed E-state index contributed by atoms with van der Waals surface area (Å²) in [4.78, 5) is 26.1. The summed E-state index contributed by atoms with van der Waals surface area (Å²) in [6, 6.07) is 9.74. The number of carbonyl (C=O) groups excluding carboxylic acids is 2. The van der Waals surface area contributed by atoms with Gasteiger partial charge in [-0.05, 0) is 64.9 Å². The van der Waals surface area contributed by atoms with Gasteiger partial charge < -0.3 is 24.4 Å². The van der Waals surface area contributed by atoms with Gasteiger partial charge in [0.05, 0.1) is 12.2 Å². The van der Waals surface area contributed by atoms with Crippen LogP contribution in [0.1, 0.15) is 64.9 Å². The number of nitrogens with one attached hydrogen (secondary N) is 1. The first-order valence-electron chi connectivity index (χ1n) is 11.4. The SMILES string of the molecule is CC(C)(C)OC(=O)N1CCC(OC2CCCC(NC(=O)OCc3ccccc3)C2)CC1. The summed E-state index contributed by atoms with van der Waals surface area (Å²) in [7, 11) is 0. The van der Waals surface area contributed by atoms with Gasteiger partial charge in [0.1, 0.15) is 12.2 Å². The summed E-state index contributed by atoms with van der Waals surface area (Å²) >= 11 is 0. The largest absolute Gasteiger partial charge is 0.445 e. The zero-order valence-corrected chi connectivity index (χ0v) is 19.0. The van der Waals surface area contributed by atoms with Crippen LogP contribution in [0.25, 0.3) is 0 Å². The molecule has 2 atom stereocenters. The molecule has 7 heteroatoms. The molecule has 7 nitrogen and oxygen atoms in total. The second-order valence-electron chi connectivity index (χ2n) is 9.49. The van der Waals surface area contributed by atoms with E-state index >= 15 is 0 Å². The second-order valence-corrected chi connectivity index (χ2v) is 9.49. The van der Waals surface area contributed by atoms with Gasteiger partial charge in [0.15, 0.2) is 0 Å². The molecule has 1 aromatic carbocycles. The number of carbonyl (C=O) groups is 2. The number of ether oxygens (including phenoxy) is 3. The van der Waals surface area contributed by atoms with Crippen LogP contribution >= 0.6 is 0 Å². The van der Waals surface area contributed by atoms with Crippen molar-refractivity contribution in [2.45, 2.75) is 89.8 Å². The molecule has 1 aliphatic carbocycles. The van der Waals surface area contributed by atoms with Gasteiger partial charge in [0.2, 0.25) is 0 Å². The van der Waals surface area contributed by atoms with Crippen LogP contribution in [0.5, 0.6) is 0 Å². The van der Waals surface area contributed by atoms with Crippen molar-refractivity contribution in [1.82, 2.24) is 10.2 Å². The Morgan fingerprint density at radius 1 is 1.03 bits per heavy atom. The van der Waals surface area contributed by atoms with Gasteiger partial charge in [-0.3, -0.25) is 0 Å². The Balaban J connectivity index is 1.36. The van der Waals surface area contributed by atoms with Crippen LogP contribution in [-0.4, -0.2) is 54.0 Å². The van der Waals surface area contributed by atoms with E-state index in [0.717, 1.165) is 44.1 Å². The zero-order chi connectivity index (χ0) is 22.3. The molecule has 1 N–H and O–H groups in total. The van der Waals surface area contributed by atoms with E-state index < -0.39 is 5.60 Å². The molecule has 0 bridgehead atoms. The molecule has 31 heavy (non-hydrogen) atoms. The molecular weight excluding hydrogens is 396 g/mol. The van der Waals surface area contributed by atoms with Crippen molar-refractivity contribution in [1.29, 1.82) is 0 Å². The Hall–Kier alpha value is -2.28. The van der Waals surface area contributed by atoms with Crippen LogP contribution in [0, 0.1) is 0 Å². The maximum absolute atomic E-state index is 12.2. The average molecular weight is 433 g/mol. The number of alkyl carbamates (subject to hydrolysis) is 1. The third-order valence-electron chi connectivity index (χ3n) is 5.64. The fraction of sp³-hybridized carbons (Fsp3) is 0.667. The van der Waals surface area contributed by atoms with Crippen molar-refractivity contribution in [3.8, 4) is 0 Å². The zero-order valence-electron chi connectivity index (χ0n) is 19.0. The first-order valence-corrected chi connectivity index (χ1v) is 11.4. The van der Waals surface area contributed by atoms with Crippen LogP contribution in [-0.2, 0) is 20.8 Å². The van der Waals surface area contributed by atoms with Crippen LogP contribution in [0.15, 0.2) is 30.3 Å². The monoisotopic (exact) mass is 432 g/mol. The van der Waals surface area contributed by atoms with E-state index in [1.807, 2.05) is 51.1 Å². The number of hydrogen-bond acceptors (Lipinski definition) is 5.